The molecule has 0 aliphatic rings. The van der Waals surface area contributed by atoms with Crippen LogP contribution in [0.25, 0.3) is 0 Å². The molecular weight excluding hydrogens is 440 g/mol. The number of ether oxygens (including phenoxy) is 3. The molecule has 3 nitrogen and oxygen atoms in total. The quantitative estimate of drug-likeness (QED) is 0.383. The second-order valence-corrected chi connectivity index (χ2v) is 6.97. The maximum absolute atomic E-state index is 5.88. The topological polar surface area (TPSA) is 27.7 Å². The van der Waals surface area contributed by atoms with E-state index < -0.39 is 0 Å². The monoisotopic (exact) mass is 460 g/mol. The minimum atomic E-state index is 0.548. The van der Waals surface area contributed by atoms with Crippen LogP contribution in [0.5, 0.6) is 17.2 Å². The Morgan fingerprint density at radius 3 is 1.80 bits per heavy atom. The zero-order valence-electron chi connectivity index (χ0n) is 16.9. The molecule has 3 aromatic carbocycles. The van der Waals surface area contributed by atoms with E-state index in [1.165, 1.54) is 0 Å². The van der Waals surface area contributed by atoms with Crippen LogP contribution in [0.2, 0.25) is 0 Å². The summed E-state index contributed by atoms with van der Waals surface area (Å²) in [7, 11) is 3.29. The molecule has 0 saturated carbocycles. The van der Waals surface area contributed by atoms with Crippen LogP contribution in [-0.4, -0.2) is 26.2 Å². The van der Waals surface area contributed by atoms with Gasteiger partial charge in [0.2, 0.25) is 0 Å². The number of methoxy groups -OCH3 is 2. The summed E-state index contributed by atoms with van der Waals surface area (Å²) < 4.78 is 16.3. The van der Waals surface area contributed by atoms with Gasteiger partial charge in [-0.15, -0.1) is 0 Å². The van der Waals surface area contributed by atoms with Crippen LogP contribution < -0.4 is 14.2 Å². The van der Waals surface area contributed by atoms with Gasteiger partial charge in [0.05, 0.1) is 26.4 Å². The smallest absolute Gasteiger partial charge is 0.136 e. The highest BCUT2D eigenvalue weighted by atomic mass is 79.9. The maximum Gasteiger partial charge on any atom is 0.136 e. The third-order valence-electron chi connectivity index (χ3n) is 4.21. The molecule has 3 rings (SSSR count). The number of rotatable bonds is 5. The number of halogens is 1. The summed E-state index contributed by atoms with van der Waals surface area (Å²) in [6.07, 6.45) is 0. The van der Waals surface area contributed by atoms with Crippen molar-refractivity contribution < 1.29 is 14.2 Å². The van der Waals surface area contributed by atoms with Crippen LogP contribution in [0.15, 0.2) is 66.7 Å². The van der Waals surface area contributed by atoms with E-state index in [1.807, 2.05) is 66.7 Å². The van der Waals surface area contributed by atoms with E-state index in [-0.39, 0.29) is 0 Å². The van der Waals surface area contributed by atoms with Gasteiger partial charge in [-0.2, -0.15) is 0 Å². The standard InChI is InChI=1S/C26H21BrO3/c1-28-23-13-7-20(8-14-23)6-12-22-4-3-5-26(30-19-18-27)25(22)17-11-21-9-15-24(29-2)16-10-21/h3-5,7-10,13-16H,18-19H2,1-2H3. The van der Waals surface area contributed by atoms with E-state index in [4.69, 9.17) is 14.2 Å². The van der Waals surface area contributed by atoms with Gasteiger partial charge in [0.1, 0.15) is 17.2 Å². The predicted molar refractivity (Wildman–Crippen MR) is 124 cm³/mol. The SMILES string of the molecule is COc1ccc(C#Cc2cccc(OCCBr)c2C#Cc2ccc(OC)cc2)cc1. The van der Waals surface area contributed by atoms with Crippen molar-refractivity contribution in [3.05, 3.63) is 89.0 Å². The molecule has 0 fully saturated rings. The Kier molecular flexibility index (Phi) is 7.84. The van der Waals surface area contributed by atoms with Gasteiger partial charge in [-0.25, -0.2) is 0 Å². The normalized spacial score (nSPS) is 9.57. The first-order chi connectivity index (χ1) is 14.7. The molecule has 0 spiro atoms. The van der Waals surface area contributed by atoms with Crippen molar-refractivity contribution in [3.63, 3.8) is 0 Å². The Hall–Kier alpha value is -3.34. The Morgan fingerprint density at radius 1 is 0.700 bits per heavy atom. The van der Waals surface area contributed by atoms with Crippen LogP contribution in [0.4, 0.5) is 0 Å². The number of hydrogen-bond donors (Lipinski definition) is 0. The van der Waals surface area contributed by atoms with Gasteiger partial charge in [-0.3, -0.25) is 0 Å². The molecule has 0 aromatic heterocycles. The molecule has 0 N–H and O–H groups in total. The van der Waals surface area contributed by atoms with E-state index in [0.717, 1.165) is 44.8 Å². The molecule has 30 heavy (non-hydrogen) atoms. The highest BCUT2D eigenvalue weighted by Gasteiger charge is 2.06. The molecule has 0 amide bonds. The largest absolute Gasteiger partial charge is 0.497 e. The Labute approximate surface area is 186 Å². The minimum Gasteiger partial charge on any atom is -0.497 e. The molecule has 0 bridgehead atoms. The first-order valence-corrected chi connectivity index (χ1v) is 10.5. The van der Waals surface area contributed by atoms with Gasteiger partial charge in [-0.05, 0) is 60.7 Å². The van der Waals surface area contributed by atoms with Crippen LogP contribution in [0.3, 0.4) is 0 Å². The molecule has 4 heteroatoms. The number of alkyl halides is 1. The van der Waals surface area contributed by atoms with Crippen molar-refractivity contribution >= 4 is 15.9 Å². The van der Waals surface area contributed by atoms with Gasteiger partial charge in [0.15, 0.2) is 0 Å². The molecule has 0 unspecified atom stereocenters. The summed E-state index contributed by atoms with van der Waals surface area (Å²) in [4.78, 5) is 0. The summed E-state index contributed by atoms with van der Waals surface area (Å²) in [6.45, 7) is 0.548. The second kappa shape index (κ2) is 11.0. The van der Waals surface area contributed by atoms with Gasteiger partial charge in [-0.1, -0.05) is 45.7 Å². The van der Waals surface area contributed by atoms with E-state index in [1.54, 1.807) is 14.2 Å². The Bertz CT molecular complexity index is 1100. The van der Waals surface area contributed by atoms with Crippen molar-refractivity contribution in [2.45, 2.75) is 0 Å². The average molecular weight is 461 g/mol. The van der Waals surface area contributed by atoms with Gasteiger partial charge in [0, 0.05) is 22.0 Å². The van der Waals surface area contributed by atoms with Gasteiger partial charge < -0.3 is 14.2 Å². The third-order valence-corrected chi connectivity index (χ3v) is 4.54. The van der Waals surface area contributed by atoms with Gasteiger partial charge >= 0.3 is 0 Å². The van der Waals surface area contributed by atoms with E-state index in [9.17, 15) is 0 Å². The van der Waals surface area contributed by atoms with E-state index >= 15 is 0 Å². The first kappa shape index (κ1) is 21.4. The van der Waals surface area contributed by atoms with Crippen molar-refractivity contribution in [2.75, 3.05) is 26.2 Å². The number of benzene rings is 3. The first-order valence-electron chi connectivity index (χ1n) is 9.37. The lowest BCUT2D eigenvalue weighted by molar-refractivity contribution is 0.344. The molecule has 150 valence electrons. The third kappa shape index (κ3) is 5.83. The predicted octanol–water partition coefficient (Wildman–Crippen LogP) is 5.28. The Balaban J connectivity index is 1.97. The van der Waals surface area contributed by atoms with Crippen LogP contribution in [0.1, 0.15) is 22.3 Å². The molecule has 0 aliphatic heterocycles. The summed E-state index contributed by atoms with van der Waals surface area (Å²) >= 11 is 3.40. The molecule has 0 radical (unpaired) electrons. The average Bonchev–Trinajstić information content (AvgIpc) is 2.81. The summed E-state index contributed by atoms with van der Waals surface area (Å²) in [5.74, 6) is 15.2. The van der Waals surface area contributed by atoms with E-state index in [0.29, 0.717) is 6.61 Å². The fourth-order valence-electron chi connectivity index (χ4n) is 2.66. The van der Waals surface area contributed by atoms with Crippen molar-refractivity contribution in [1.29, 1.82) is 0 Å². The summed E-state index contributed by atoms with van der Waals surface area (Å²) in [5.41, 5.74) is 3.38. The fourth-order valence-corrected chi connectivity index (χ4v) is 2.82. The lowest BCUT2D eigenvalue weighted by Gasteiger charge is -2.08. The summed E-state index contributed by atoms with van der Waals surface area (Å²) in [5, 5.41) is 0.736. The highest BCUT2D eigenvalue weighted by Crippen LogP contribution is 2.22. The molecule has 0 atom stereocenters. The van der Waals surface area contributed by atoms with Crippen molar-refractivity contribution in [3.8, 4) is 40.9 Å². The molecule has 3 aromatic rings. The van der Waals surface area contributed by atoms with E-state index in [2.05, 4.69) is 39.6 Å². The van der Waals surface area contributed by atoms with Crippen molar-refractivity contribution in [2.24, 2.45) is 0 Å². The molecule has 0 saturated heterocycles. The second-order valence-electron chi connectivity index (χ2n) is 6.17. The Morgan fingerprint density at radius 2 is 1.27 bits per heavy atom. The molecule has 0 aliphatic carbocycles. The van der Waals surface area contributed by atoms with Crippen LogP contribution in [-0.2, 0) is 0 Å². The molecular formula is C26H21BrO3. The van der Waals surface area contributed by atoms with Crippen molar-refractivity contribution in [1.82, 2.24) is 0 Å². The van der Waals surface area contributed by atoms with Gasteiger partial charge in [0.25, 0.3) is 0 Å². The lowest BCUT2D eigenvalue weighted by Crippen LogP contribution is -2.01. The molecule has 0 heterocycles. The zero-order valence-corrected chi connectivity index (χ0v) is 18.5. The highest BCUT2D eigenvalue weighted by molar-refractivity contribution is 9.09. The van der Waals surface area contributed by atoms with Crippen LogP contribution >= 0.6 is 15.9 Å². The fraction of sp³-hybridized carbons (Fsp3) is 0.154. The van der Waals surface area contributed by atoms with Crippen LogP contribution in [0, 0.1) is 23.7 Å². The maximum atomic E-state index is 5.88. The summed E-state index contributed by atoms with van der Waals surface area (Å²) in [6, 6.07) is 21.1. The lowest BCUT2D eigenvalue weighted by atomic mass is 10.1. The minimum absolute atomic E-state index is 0.548. The number of hydrogen-bond acceptors (Lipinski definition) is 3. The zero-order chi connectivity index (χ0) is 21.2.